The van der Waals surface area contributed by atoms with E-state index < -0.39 is 0 Å². The summed E-state index contributed by atoms with van der Waals surface area (Å²) < 4.78 is 1.78. The smallest absolute Gasteiger partial charge is 0.315 e. The highest BCUT2D eigenvalue weighted by atomic mass is 16.2. The molecule has 0 aliphatic rings. The van der Waals surface area contributed by atoms with Gasteiger partial charge in [-0.05, 0) is 49.9 Å². The fraction of sp³-hybridized carbons (Fsp3) is 0.414. The molecule has 7 heteroatoms. The fourth-order valence-electron chi connectivity index (χ4n) is 3.68. The Labute approximate surface area is 214 Å². The molecule has 0 aliphatic heterocycles. The SMILES string of the molecule is Cc1ccc(NC(=O)N(CCC(C)C)CC(=O)Nc2cc(C(C)(C)C)nn2-c2ccccc2C)cc1. The number of aryl methyl sites for hydroxylation is 2. The monoisotopic (exact) mass is 489 g/mol. The molecule has 3 aromatic rings. The minimum Gasteiger partial charge on any atom is -0.315 e. The quantitative estimate of drug-likeness (QED) is 0.389. The number of nitrogens with one attached hydrogen (secondary N) is 2. The Hall–Kier alpha value is -3.61. The molecule has 2 N–H and O–H groups in total. The van der Waals surface area contributed by atoms with Gasteiger partial charge in [-0.2, -0.15) is 5.10 Å². The average Bonchev–Trinajstić information content (AvgIpc) is 3.22. The maximum Gasteiger partial charge on any atom is 0.322 e. The maximum absolute atomic E-state index is 13.2. The molecule has 0 saturated heterocycles. The summed E-state index contributed by atoms with van der Waals surface area (Å²) >= 11 is 0. The van der Waals surface area contributed by atoms with Crippen LogP contribution in [-0.4, -0.2) is 39.7 Å². The number of aromatic nitrogens is 2. The molecule has 0 atom stereocenters. The van der Waals surface area contributed by atoms with Crippen molar-refractivity contribution in [3.8, 4) is 5.69 Å². The van der Waals surface area contributed by atoms with Crippen molar-refractivity contribution < 1.29 is 9.59 Å². The molecule has 1 heterocycles. The van der Waals surface area contributed by atoms with Crippen LogP contribution in [0.2, 0.25) is 0 Å². The summed E-state index contributed by atoms with van der Waals surface area (Å²) in [6.07, 6.45) is 0.796. The summed E-state index contributed by atoms with van der Waals surface area (Å²) in [7, 11) is 0. The van der Waals surface area contributed by atoms with Gasteiger partial charge < -0.3 is 15.5 Å². The zero-order valence-electron chi connectivity index (χ0n) is 22.6. The van der Waals surface area contributed by atoms with E-state index in [1.54, 1.807) is 9.58 Å². The van der Waals surface area contributed by atoms with Crippen molar-refractivity contribution >= 4 is 23.4 Å². The number of hydrogen-bond acceptors (Lipinski definition) is 3. The molecule has 0 saturated carbocycles. The number of nitrogens with zero attached hydrogens (tertiary/aromatic N) is 3. The van der Waals surface area contributed by atoms with Crippen molar-refractivity contribution in [3.05, 3.63) is 71.4 Å². The van der Waals surface area contributed by atoms with Crippen LogP contribution in [0.4, 0.5) is 16.3 Å². The van der Waals surface area contributed by atoms with Gasteiger partial charge >= 0.3 is 6.03 Å². The normalized spacial score (nSPS) is 11.4. The number of rotatable bonds is 8. The molecule has 0 bridgehead atoms. The Balaban J connectivity index is 1.82. The largest absolute Gasteiger partial charge is 0.322 e. The van der Waals surface area contributed by atoms with Gasteiger partial charge in [-0.25, -0.2) is 9.48 Å². The van der Waals surface area contributed by atoms with Crippen LogP contribution in [0.25, 0.3) is 5.69 Å². The second-order valence-electron chi connectivity index (χ2n) is 10.8. The van der Waals surface area contributed by atoms with Crippen LogP contribution in [0, 0.1) is 19.8 Å². The molecule has 0 radical (unpaired) electrons. The Morgan fingerprint density at radius 1 is 1.00 bits per heavy atom. The van der Waals surface area contributed by atoms with Gasteiger partial charge in [-0.15, -0.1) is 0 Å². The van der Waals surface area contributed by atoms with Crippen LogP contribution in [0.5, 0.6) is 0 Å². The van der Waals surface area contributed by atoms with Crippen LogP contribution in [0.15, 0.2) is 54.6 Å². The number of benzene rings is 2. The molecule has 0 fully saturated rings. The molecule has 0 unspecified atom stereocenters. The predicted molar refractivity (Wildman–Crippen MR) is 147 cm³/mol. The number of carbonyl (C=O) groups is 2. The van der Waals surface area contributed by atoms with Crippen LogP contribution < -0.4 is 10.6 Å². The van der Waals surface area contributed by atoms with Crippen molar-refractivity contribution in [1.29, 1.82) is 0 Å². The van der Waals surface area contributed by atoms with Crippen molar-refractivity contribution in [1.82, 2.24) is 14.7 Å². The Kier molecular flexibility index (Phi) is 8.56. The first-order valence-corrected chi connectivity index (χ1v) is 12.5. The van der Waals surface area contributed by atoms with Gasteiger partial charge in [-0.3, -0.25) is 4.79 Å². The number of amides is 3. The molecule has 36 heavy (non-hydrogen) atoms. The van der Waals surface area contributed by atoms with Gasteiger partial charge in [0.05, 0.1) is 11.4 Å². The third-order valence-corrected chi connectivity index (χ3v) is 5.99. The number of carbonyl (C=O) groups excluding carboxylic acids is 2. The van der Waals surface area contributed by atoms with Crippen LogP contribution in [0.1, 0.15) is 57.9 Å². The first kappa shape index (κ1) is 27.0. The van der Waals surface area contributed by atoms with Gasteiger partial charge in [0.25, 0.3) is 0 Å². The molecule has 1 aromatic heterocycles. The lowest BCUT2D eigenvalue weighted by Gasteiger charge is -2.23. The number of para-hydroxylation sites is 1. The highest BCUT2D eigenvalue weighted by molar-refractivity contribution is 5.96. The van der Waals surface area contributed by atoms with E-state index in [1.165, 1.54) is 0 Å². The van der Waals surface area contributed by atoms with Gasteiger partial charge in [0.1, 0.15) is 12.4 Å². The van der Waals surface area contributed by atoms with E-state index in [-0.39, 0.29) is 23.9 Å². The van der Waals surface area contributed by atoms with E-state index in [1.807, 2.05) is 68.4 Å². The summed E-state index contributed by atoms with van der Waals surface area (Å²) in [6.45, 7) is 14.9. The van der Waals surface area contributed by atoms with Gasteiger partial charge in [0, 0.05) is 23.7 Å². The molecule has 7 nitrogen and oxygen atoms in total. The van der Waals surface area contributed by atoms with E-state index in [4.69, 9.17) is 5.10 Å². The number of anilines is 2. The lowest BCUT2D eigenvalue weighted by atomic mass is 9.92. The standard InChI is InChI=1S/C29H39N5O2/c1-20(2)16-17-33(28(36)30-23-14-12-21(3)13-15-23)19-27(35)31-26-18-25(29(5,6)7)32-34(26)24-11-9-8-10-22(24)4/h8-15,18,20H,16-17,19H2,1-7H3,(H,30,36)(H,31,35). The van der Waals surface area contributed by atoms with Crippen LogP contribution >= 0.6 is 0 Å². The van der Waals surface area contributed by atoms with Gasteiger partial charge in [0.2, 0.25) is 5.91 Å². The van der Waals surface area contributed by atoms with Gasteiger partial charge in [-0.1, -0.05) is 70.5 Å². The predicted octanol–water partition coefficient (Wildman–Crippen LogP) is 6.31. The fourth-order valence-corrected chi connectivity index (χ4v) is 3.68. The Bertz CT molecular complexity index is 1190. The maximum atomic E-state index is 13.2. The summed E-state index contributed by atoms with van der Waals surface area (Å²) in [6, 6.07) is 17.2. The van der Waals surface area contributed by atoms with Crippen molar-refractivity contribution in [2.24, 2.45) is 5.92 Å². The molecular weight excluding hydrogens is 450 g/mol. The molecular formula is C29H39N5O2. The molecule has 3 rings (SSSR count). The molecule has 0 spiro atoms. The van der Waals surface area contributed by atoms with Gasteiger partial charge in [0.15, 0.2) is 0 Å². The summed E-state index contributed by atoms with van der Waals surface area (Å²) in [4.78, 5) is 27.9. The third kappa shape index (κ3) is 7.20. The van der Waals surface area contributed by atoms with Crippen LogP contribution in [-0.2, 0) is 10.2 Å². The Morgan fingerprint density at radius 2 is 1.67 bits per heavy atom. The number of hydrogen-bond donors (Lipinski definition) is 2. The van der Waals surface area contributed by atoms with Crippen LogP contribution in [0.3, 0.4) is 0 Å². The lowest BCUT2D eigenvalue weighted by Crippen LogP contribution is -2.41. The van der Waals surface area contributed by atoms with E-state index >= 15 is 0 Å². The second-order valence-corrected chi connectivity index (χ2v) is 10.8. The second kappa shape index (κ2) is 11.4. The molecule has 3 amide bonds. The third-order valence-electron chi connectivity index (χ3n) is 5.99. The first-order chi connectivity index (χ1) is 16.9. The van der Waals surface area contributed by atoms with E-state index in [0.717, 1.165) is 28.9 Å². The highest BCUT2D eigenvalue weighted by Gasteiger charge is 2.23. The summed E-state index contributed by atoms with van der Waals surface area (Å²) in [5, 5.41) is 10.7. The highest BCUT2D eigenvalue weighted by Crippen LogP contribution is 2.27. The molecule has 192 valence electrons. The van der Waals surface area contributed by atoms with Crippen molar-refractivity contribution in [2.45, 2.75) is 60.3 Å². The summed E-state index contributed by atoms with van der Waals surface area (Å²) in [5.74, 6) is 0.717. The average molecular weight is 490 g/mol. The summed E-state index contributed by atoms with van der Waals surface area (Å²) in [5.41, 5.74) is 4.45. The number of urea groups is 1. The van der Waals surface area contributed by atoms with E-state index in [2.05, 4.69) is 45.3 Å². The zero-order valence-corrected chi connectivity index (χ0v) is 22.6. The van der Waals surface area contributed by atoms with Crippen molar-refractivity contribution in [2.75, 3.05) is 23.7 Å². The minimum atomic E-state index is -0.294. The zero-order chi connectivity index (χ0) is 26.5. The topological polar surface area (TPSA) is 79.3 Å². The van der Waals surface area contributed by atoms with E-state index in [9.17, 15) is 9.59 Å². The molecule has 2 aromatic carbocycles. The minimum absolute atomic E-state index is 0.0613. The Morgan fingerprint density at radius 3 is 2.28 bits per heavy atom. The first-order valence-electron chi connectivity index (χ1n) is 12.5. The van der Waals surface area contributed by atoms with E-state index in [0.29, 0.717) is 24.0 Å². The van der Waals surface area contributed by atoms with Crippen molar-refractivity contribution in [3.63, 3.8) is 0 Å². The lowest BCUT2D eigenvalue weighted by molar-refractivity contribution is -0.116. The molecule has 0 aliphatic carbocycles.